The minimum Gasteiger partial charge on any atom is -0.468 e. The number of hydrogen-bond acceptors (Lipinski definition) is 4. The van der Waals surface area contributed by atoms with Crippen LogP contribution in [-0.2, 0) is 17.8 Å². The van der Waals surface area contributed by atoms with Gasteiger partial charge >= 0.3 is 0 Å². The monoisotopic (exact) mass is 280 g/mol. The van der Waals surface area contributed by atoms with Gasteiger partial charge in [-0.05, 0) is 32.4 Å². The smallest absolute Gasteiger partial charge is 0.122 e. The molecule has 0 spiro atoms. The van der Waals surface area contributed by atoms with Crippen molar-refractivity contribution in [3.8, 4) is 0 Å². The summed E-state index contributed by atoms with van der Waals surface area (Å²) in [5.41, 5.74) is 1.28. The maximum absolute atomic E-state index is 5.77. The highest BCUT2D eigenvalue weighted by molar-refractivity contribution is 5.17. The Hall–Kier alpha value is -0.840. The van der Waals surface area contributed by atoms with Crippen LogP contribution >= 0.6 is 0 Å². The molecule has 0 bridgehead atoms. The Morgan fingerprint density at radius 2 is 2.00 bits per heavy atom. The second kappa shape index (κ2) is 7.25. The van der Waals surface area contributed by atoms with Crippen molar-refractivity contribution in [3.05, 3.63) is 23.7 Å². The van der Waals surface area contributed by atoms with E-state index in [4.69, 9.17) is 9.15 Å². The van der Waals surface area contributed by atoms with Gasteiger partial charge < -0.3 is 14.5 Å². The Bertz CT molecular complexity index is 393. The van der Waals surface area contributed by atoms with Crippen molar-refractivity contribution in [1.82, 2.24) is 10.2 Å². The Balaban J connectivity index is 1.88. The summed E-state index contributed by atoms with van der Waals surface area (Å²) in [7, 11) is 0. The molecule has 2 atom stereocenters. The van der Waals surface area contributed by atoms with Crippen LogP contribution < -0.4 is 5.32 Å². The molecule has 4 nitrogen and oxygen atoms in total. The van der Waals surface area contributed by atoms with Gasteiger partial charge in [0.2, 0.25) is 0 Å². The molecule has 0 aromatic carbocycles. The quantitative estimate of drug-likeness (QED) is 0.869. The van der Waals surface area contributed by atoms with Crippen molar-refractivity contribution in [3.63, 3.8) is 0 Å². The van der Waals surface area contributed by atoms with Gasteiger partial charge in [-0.25, -0.2) is 0 Å². The highest BCUT2D eigenvalue weighted by Gasteiger charge is 2.23. The Labute approximate surface area is 122 Å². The molecule has 0 unspecified atom stereocenters. The third-order valence-electron chi connectivity index (χ3n) is 3.57. The summed E-state index contributed by atoms with van der Waals surface area (Å²) in [6.07, 6.45) is 2.40. The summed E-state index contributed by atoms with van der Waals surface area (Å²) >= 11 is 0. The second-order valence-corrected chi connectivity index (χ2v) is 6.35. The topological polar surface area (TPSA) is 37.6 Å². The predicted molar refractivity (Wildman–Crippen MR) is 80.5 cm³/mol. The van der Waals surface area contributed by atoms with E-state index < -0.39 is 0 Å². The fraction of sp³-hybridized carbons (Fsp3) is 0.750. The molecular weight excluding hydrogens is 252 g/mol. The lowest BCUT2D eigenvalue weighted by Crippen LogP contribution is -2.44. The van der Waals surface area contributed by atoms with Crippen LogP contribution in [0.3, 0.4) is 0 Å². The van der Waals surface area contributed by atoms with Crippen molar-refractivity contribution in [2.75, 3.05) is 19.6 Å². The van der Waals surface area contributed by atoms with Gasteiger partial charge in [-0.3, -0.25) is 4.90 Å². The van der Waals surface area contributed by atoms with Crippen LogP contribution in [-0.4, -0.2) is 36.7 Å². The van der Waals surface area contributed by atoms with E-state index in [1.807, 2.05) is 0 Å². The molecule has 0 saturated carbocycles. The van der Waals surface area contributed by atoms with Gasteiger partial charge in [-0.1, -0.05) is 13.8 Å². The van der Waals surface area contributed by atoms with E-state index in [1.54, 1.807) is 6.26 Å². The fourth-order valence-corrected chi connectivity index (χ4v) is 2.78. The van der Waals surface area contributed by atoms with Crippen LogP contribution in [0.1, 0.15) is 39.0 Å². The number of nitrogens with zero attached hydrogens (tertiary/aromatic N) is 1. The summed E-state index contributed by atoms with van der Waals surface area (Å²) in [4.78, 5) is 2.42. The average molecular weight is 280 g/mol. The molecule has 1 aromatic rings. The van der Waals surface area contributed by atoms with Crippen LogP contribution in [0.2, 0.25) is 0 Å². The van der Waals surface area contributed by atoms with Crippen LogP contribution in [0, 0.1) is 5.92 Å². The number of ether oxygens (including phenoxy) is 1. The zero-order valence-electron chi connectivity index (χ0n) is 13.2. The lowest BCUT2D eigenvalue weighted by molar-refractivity contribution is -0.0719. The minimum atomic E-state index is 0.302. The SMILES string of the molecule is CC(C)CNCc1ccoc1CN1C[C@@H](C)O[C@@H](C)C1. The van der Waals surface area contributed by atoms with E-state index in [9.17, 15) is 0 Å². The summed E-state index contributed by atoms with van der Waals surface area (Å²) in [6.45, 7) is 13.5. The van der Waals surface area contributed by atoms with Crippen LogP contribution in [0.5, 0.6) is 0 Å². The second-order valence-electron chi connectivity index (χ2n) is 6.35. The van der Waals surface area contributed by atoms with E-state index in [2.05, 4.69) is 44.0 Å². The molecule has 20 heavy (non-hydrogen) atoms. The lowest BCUT2D eigenvalue weighted by Gasteiger charge is -2.34. The number of furan rings is 1. The molecule has 2 heterocycles. The zero-order chi connectivity index (χ0) is 14.5. The van der Waals surface area contributed by atoms with Crippen molar-refractivity contribution in [1.29, 1.82) is 0 Å². The average Bonchev–Trinajstić information content (AvgIpc) is 2.75. The molecule has 2 rings (SSSR count). The third kappa shape index (κ3) is 4.62. The first-order valence-corrected chi connectivity index (χ1v) is 7.68. The maximum Gasteiger partial charge on any atom is 0.122 e. The highest BCUT2D eigenvalue weighted by atomic mass is 16.5. The molecule has 1 aliphatic heterocycles. The molecular formula is C16H28N2O2. The lowest BCUT2D eigenvalue weighted by atomic mass is 10.2. The number of hydrogen-bond donors (Lipinski definition) is 1. The molecule has 114 valence electrons. The zero-order valence-corrected chi connectivity index (χ0v) is 13.2. The van der Waals surface area contributed by atoms with Gasteiger partial charge in [0.25, 0.3) is 0 Å². The first-order chi connectivity index (χ1) is 9.54. The van der Waals surface area contributed by atoms with Gasteiger partial charge in [0, 0.05) is 25.2 Å². The minimum absolute atomic E-state index is 0.302. The first-order valence-electron chi connectivity index (χ1n) is 7.68. The largest absolute Gasteiger partial charge is 0.468 e. The van der Waals surface area contributed by atoms with Gasteiger partial charge in [0.15, 0.2) is 0 Å². The predicted octanol–water partition coefficient (Wildman–Crippen LogP) is 2.63. The highest BCUT2D eigenvalue weighted by Crippen LogP contribution is 2.17. The van der Waals surface area contributed by atoms with Gasteiger partial charge in [0.1, 0.15) is 5.76 Å². The van der Waals surface area contributed by atoms with E-state index >= 15 is 0 Å². The Morgan fingerprint density at radius 1 is 1.30 bits per heavy atom. The number of morpholine rings is 1. The van der Waals surface area contributed by atoms with Crippen molar-refractivity contribution in [2.45, 2.75) is 53.0 Å². The van der Waals surface area contributed by atoms with Gasteiger partial charge in [-0.15, -0.1) is 0 Å². The Morgan fingerprint density at radius 3 is 2.65 bits per heavy atom. The third-order valence-corrected chi connectivity index (χ3v) is 3.57. The molecule has 0 radical (unpaired) electrons. The van der Waals surface area contributed by atoms with Crippen molar-refractivity contribution in [2.24, 2.45) is 5.92 Å². The number of rotatable bonds is 6. The van der Waals surface area contributed by atoms with Gasteiger partial charge in [-0.2, -0.15) is 0 Å². The summed E-state index contributed by atoms with van der Waals surface area (Å²) in [5, 5.41) is 3.48. The molecule has 1 N–H and O–H groups in total. The van der Waals surface area contributed by atoms with E-state index in [0.29, 0.717) is 18.1 Å². The van der Waals surface area contributed by atoms with E-state index in [0.717, 1.165) is 38.5 Å². The van der Waals surface area contributed by atoms with E-state index in [1.165, 1.54) is 5.56 Å². The molecule has 0 amide bonds. The molecule has 1 aromatic heterocycles. The van der Waals surface area contributed by atoms with Crippen molar-refractivity contribution < 1.29 is 9.15 Å². The molecule has 0 aliphatic carbocycles. The first kappa shape index (κ1) is 15.5. The van der Waals surface area contributed by atoms with Crippen molar-refractivity contribution >= 4 is 0 Å². The van der Waals surface area contributed by atoms with Crippen LogP contribution in [0.25, 0.3) is 0 Å². The summed E-state index contributed by atoms with van der Waals surface area (Å²) in [5.74, 6) is 1.76. The standard InChI is InChI=1S/C16H28N2O2/c1-12(2)7-17-8-15-5-6-19-16(15)11-18-9-13(3)20-14(4)10-18/h5-6,12-14,17H,7-11H2,1-4H3/t13-,14+. The van der Waals surface area contributed by atoms with Crippen LogP contribution in [0.15, 0.2) is 16.7 Å². The van der Waals surface area contributed by atoms with E-state index in [-0.39, 0.29) is 0 Å². The normalized spacial score (nSPS) is 24.4. The fourth-order valence-electron chi connectivity index (χ4n) is 2.78. The molecule has 1 aliphatic rings. The summed E-state index contributed by atoms with van der Waals surface area (Å²) < 4.78 is 11.4. The number of nitrogens with one attached hydrogen (secondary N) is 1. The maximum atomic E-state index is 5.77. The molecule has 4 heteroatoms. The Kier molecular flexibility index (Phi) is 5.64. The molecule has 1 saturated heterocycles. The molecule has 1 fully saturated rings. The summed E-state index contributed by atoms with van der Waals surface area (Å²) in [6, 6.07) is 2.08. The van der Waals surface area contributed by atoms with Crippen LogP contribution in [0.4, 0.5) is 0 Å². The van der Waals surface area contributed by atoms with Gasteiger partial charge in [0.05, 0.1) is 25.0 Å².